The first-order chi connectivity index (χ1) is 8.81. The van der Waals surface area contributed by atoms with E-state index in [0.717, 1.165) is 0 Å². The van der Waals surface area contributed by atoms with Crippen molar-refractivity contribution in [1.82, 2.24) is 0 Å². The molecule has 1 rings (SSSR count). The zero-order chi connectivity index (χ0) is 14.6. The summed E-state index contributed by atoms with van der Waals surface area (Å²) in [5.41, 5.74) is 0.422. The summed E-state index contributed by atoms with van der Waals surface area (Å²) in [7, 11) is 0. The minimum absolute atomic E-state index is 0.0376. The Morgan fingerprint density at radius 3 is 2.58 bits per heavy atom. The molecule has 0 bridgehead atoms. The summed E-state index contributed by atoms with van der Waals surface area (Å²) in [5, 5.41) is 20.2. The third-order valence-electron chi connectivity index (χ3n) is 2.82. The molecule has 1 aromatic rings. The van der Waals surface area contributed by atoms with Crippen molar-refractivity contribution in [2.24, 2.45) is 11.8 Å². The molecule has 104 valence electrons. The predicted octanol–water partition coefficient (Wildman–Crippen LogP) is 3.65. The van der Waals surface area contributed by atoms with Gasteiger partial charge in [0.1, 0.15) is 0 Å². The van der Waals surface area contributed by atoms with E-state index in [1.54, 1.807) is 12.1 Å². The van der Waals surface area contributed by atoms with E-state index in [9.17, 15) is 20.0 Å². The number of hydrogen-bond acceptors (Lipinski definition) is 3. The van der Waals surface area contributed by atoms with Crippen molar-refractivity contribution >= 4 is 27.6 Å². The Balaban J connectivity index is 3.02. The molecule has 0 amide bonds. The molecule has 6 heteroatoms. The third-order valence-corrected chi connectivity index (χ3v) is 3.31. The molecule has 0 aliphatic heterocycles. The van der Waals surface area contributed by atoms with Gasteiger partial charge < -0.3 is 5.11 Å². The number of hydrogen-bond donors (Lipinski definition) is 1. The summed E-state index contributed by atoms with van der Waals surface area (Å²) >= 11 is 3.18. The Hall–Kier alpha value is -1.43. The number of nitrogens with zero attached hydrogens (tertiary/aromatic N) is 1. The second-order valence-electron chi connectivity index (χ2n) is 4.90. The first kappa shape index (κ1) is 15.6. The molecular formula is C13H16BrNO4. The van der Waals surface area contributed by atoms with Crippen LogP contribution in [0, 0.1) is 22.0 Å². The fraction of sp³-hybridized carbons (Fsp3) is 0.462. The van der Waals surface area contributed by atoms with E-state index < -0.39 is 16.8 Å². The zero-order valence-corrected chi connectivity index (χ0v) is 12.4. The Kier molecular flexibility index (Phi) is 5.47. The third kappa shape index (κ3) is 4.63. The first-order valence-electron chi connectivity index (χ1n) is 5.97. The van der Waals surface area contributed by atoms with Crippen LogP contribution in [0.25, 0.3) is 0 Å². The number of carbonyl (C=O) groups is 1. The second-order valence-corrected chi connectivity index (χ2v) is 5.81. The number of aliphatic carboxylic acids is 1. The van der Waals surface area contributed by atoms with Gasteiger partial charge in [-0.3, -0.25) is 14.9 Å². The van der Waals surface area contributed by atoms with Crippen LogP contribution in [-0.4, -0.2) is 16.0 Å². The molecule has 0 radical (unpaired) electrons. The highest BCUT2D eigenvalue weighted by atomic mass is 79.9. The van der Waals surface area contributed by atoms with E-state index in [1.807, 2.05) is 13.8 Å². The van der Waals surface area contributed by atoms with Gasteiger partial charge in [0, 0.05) is 16.1 Å². The molecular weight excluding hydrogens is 314 g/mol. The molecule has 1 aromatic carbocycles. The first-order valence-corrected chi connectivity index (χ1v) is 6.76. The molecule has 0 aliphatic carbocycles. The Bertz CT molecular complexity index is 488. The lowest BCUT2D eigenvalue weighted by molar-refractivity contribution is -0.385. The lowest BCUT2D eigenvalue weighted by Gasteiger charge is -2.14. The number of nitro benzene ring substituents is 1. The molecule has 5 nitrogen and oxygen atoms in total. The van der Waals surface area contributed by atoms with Crippen LogP contribution >= 0.6 is 15.9 Å². The highest BCUT2D eigenvalue weighted by Crippen LogP contribution is 2.27. The minimum Gasteiger partial charge on any atom is -0.481 e. The molecule has 1 unspecified atom stereocenters. The van der Waals surface area contributed by atoms with Crippen molar-refractivity contribution in [2.75, 3.05) is 0 Å². The number of nitro groups is 1. The van der Waals surface area contributed by atoms with Crippen LogP contribution in [0.5, 0.6) is 0 Å². The topological polar surface area (TPSA) is 80.4 Å². The fourth-order valence-corrected chi connectivity index (χ4v) is 2.33. The number of benzene rings is 1. The van der Waals surface area contributed by atoms with Crippen molar-refractivity contribution in [3.63, 3.8) is 0 Å². The highest BCUT2D eigenvalue weighted by molar-refractivity contribution is 9.10. The smallest absolute Gasteiger partial charge is 0.306 e. The summed E-state index contributed by atoms with van der Waals surface area (Å²) in [4.78, 5) is 21.7. The molecule has 0 aliphatic rings. The lowest BCUT2D eigenvalue weighted by atomic mass is 9.90. The van der Waals surface area contributed by atoms with E-state index in [-0.39, 0.29) is 18.0 Å². The fourth-order valence-electron chi connectivity index (χ4n) is 1.99. The maximum atomic E-state index is 11.2. The molecule has 0 saturated carbocycles. The quantitative estimate of drug-likeness (QED) is 0.638. The van der Waals surface area contributed by atoms with Crippen molar-refractivity contribution in [1.29, 1.82) is 0 Å². The van der Waals surface area contributed by atoms with Crippen LogP contribution in [0.1, 0.15) is 25.8 Å². The van der Waals surface area contributed by atoms with Gasteiger partial charge in [-0.2, -0.15) is 0 Å². The lowest BCUT2D eigenvalue weighted by Crippen LogP contribution is -2.19. The molecule has 0 aromatic heterocycles. The Morgan fingerprint density at radius 1 is 1.47 bits per heavy atom. The van der Waals surface area contributed by atoms with Gasteiger partial charge in [0.05, 0.1) is 10.8 Å². The summed E-state index contributed by atoms with van der Waals surface area (Å²) in [6.07, 6.45) is 0.680. The van der Waals surface area contributed by atoms with Gasteiger partial charge in [-0.1, -0.05) is 35.8 Å². The Labute approximate surface area is 119 Å². The van der Waals surface area contributed by atoms with Gasteiger partial charge >= 0.3 is 5.97 Å². The summed E-state index contributed by atoms with van der Waals surface area (Å²) < 4.78 is 0.610. The number of halogens is 1. The second kappa shape index (κ2) is 6.65. The van der Waals surface area contributed by atoms with E-state index in [2.05, 4.69) is 15.9 Å². The van der Waals surface area contributed by atoms with E-state index in [4.69, 9.17) is 0 Å². The maximum Gasteiger partial charge on any atom is 0.306 e. The maximum absolute atomic E-state index is 11.2. The predicted molar refractivity (Wildman–Crippen MR) is 75.1 cm³/mol. The molecule has 1 atom stereocenters. The van der Waals surface area contributed by atoms with Gasteiger partial charge in [0.25, 0.3) is 5.69 Å². The monoisotopic (exact) mass is 329 g/mol. The molecule has 0 fully saturated rings. The van der Waals surface area contributed by atoms with E-state index in [0.29, 0.717) is 16.5 Å². The number of rotatable bonds is 6. The molecule has 1 N–H and O–H groups in total. The minimum atomic E-state index is -0.911. The zero-order valence-electron chi connectivity index (χ0n) is 10.8. The Morgan fingerprint density at radius 2 is 2.11 bits per heavy atom. The summed E-state index contributed by atoms with van der Waals surface area (Å²) in [5.74, 6) is -1.28. The van der Waals surface area contributed by atoms with Gasteiger partial charge in [0.2, 0.25) is 0 Å². The average Bonchev–Trinajstić information content (AvgIpc) is 2.29. The number of carboxylic acid groups (broad SMARTS) is 1. The van der Waals surface area contributed by atoms with E-state index in [1.165, 1.54) is 6.07 Å². The molecule has 0 heterocycles. The van der Waals surface area contributed by atoms with Crippen LogP contribution in [-0.2, 0) is 11.2 Å². The van der Waals surface area contributed by atoms with Crippen LogP contribution in [0.15, 0.2) is 22.7 Å². The van der Waals surface area contributed by atoms with Gasteiger partial charge in [-0.25, -0.2) is 0 Å². The molecule has 0 saturated heterocycles. The summed E-state index contributed by atoms with van der Waals surface area (Å²) in [6.45, 7) is 3.87. The van der Waals surface area contributed by atoms with E-state index >= 15 is 0 Å². The molecule has 0 spiro atoms. The highest BCUT2D eigenvalue weighted by Gasteiger charge is 2.24. The van der Waals surface area contributed by atoms with Gasteiger partial charge in [-0.05, 0) is 24.8 Å². The van der Waals surface area contributed by atoms with Crippen LogP contribution in [0.4, 0.5) is 5.69 Å². The normalized spacial score (nSPS) is 12.4. The summed E-state index contributed by atoms with van der Waals surface area (Å²) in [6, 6.07) is 4.71. The molecule has 19 heavy (non-hydrogen) atoms. The average molecular weight is 330 g/mol. The van der Waals surface area contributed by atoms with Crippen molar-refractivity contribution < 1.29 is 14.8 Å². The van der Waals surface area contributed by atoms with Gasteiger partial charge in [0.15, 0.2) is 0 Å². The van der Waals surface area contributed by atoms with Crippen molar-refractivity contribution in [3.8, 4) is 0 Å². The van der Waals surface area contributed by atoms with Crippen LogP contribution in [0.3, 0.4) is 0 Å². The number of carboxylic acids is 1. The van der Waals surface area contributed by atoms with Crippen LogP contribution < -0.4 is 0 Å². The van der Waals surface area contributed by atoms with Crippen LogP contribution in [0.2, 0.25) is 0 Å². The SMILES string of the molecule is CC(C)CC(Cc1ccc(Br)cc1[N+](=O)[O-])C(=O)O. The van der Waals surface area contributed by atoms with Gasteiger partial charge in [-0.15, -0.1) is 0 Å². The van der Waals surface area contributed by atoms with Crippen molar-refractivity contribution in [3.05, 3.63) is 38.3 Å². The standard InChI is InChI=1S/C13H16BrNO4/c1-8(2)5-10(13(16)17)6-9-3-4-11(14)7-12(9)15(18)19/h3-4,7-8,10H,5-6H2,1-2H3,(H,16,17). The largest absolute Gasteiger partial charge is 0.481 e. The van der Waals surface area contributed by atoms with Crippen molar-refractivity contribution in [2.45, 2.75) is 26.7 Å².